The van der Waals surface area contributed by atoms with Crippen LogP contribution in [-0.4, -0.2) is 44.2 Å². The van der Waals surface area contributed by atoms with Crippen molar-refractivity contribution in [2.24, 2.45) is 0 Å². The van der Waals surface area contributed by atoms with Gasteiger partial charge in [0.05, 0.1) is 11.4 Å². The molecule has 116 valence electrons. The van der Waals surface area contributed by atoms with Crippen molar-refractivity contribution in [3.05, 3.63) is 18.2 Å². The van der Waals surface area contributed by atoms with Crippen molar-refractivity contribution in [1.82, 2.24) is 10.2 Å². The molecule has 1 atom stereocenters. The Morgan fingerprint density at radius 1 is 1.48 bits per heavy atom. The normalized spacial score (nSPS) is 19.0. The van der Waals surface area contributed by atoms with E-state index in [-0.39, 0.29) is 0 Å². The van der Waals surface area contributed by atoms with Gasteiger partial charge in [-0.2, -0.15) is 0 Å². The number of likely N-dealkylation sites (tertiary alicyclic amines) is 1. The first kappa shape index (κ1) is 15.4. The van der Waals surface area contributed by atoms with E-state index in [4.69, 9.17) is 10.5 Å². The van der Waals surface area contributed by atoms with E-state index >= 15 is 0 Å². The number of nitrogens with zero attached hydrogens (tertiary/aromatic N) is 1. The predicted octanol–water partition coefficient (Wildman–Crippen LogP) is 1.88. The van der Waals surface area contributed by atoms with Gasteiger partial charge in [-0.25, -0.2) is 4.79 Å². The Morgan fingerprint density at radius 2 is 2.29 bits per heavy atom. The molecule has 1 aromatic rings. The van der Waals surface area contributed by atoms with Gasteiger partial charge in [-0.05, 0) is 38.6 Å². The van der Waals surface area contributed by atoms with Crippen LogP contribution in [0.25, 0.3) is 0 Å². The third-order valence-electron chi connectivity index (χ3n) is 3.89. The third-order valence-corrected chi connectivity index (χ3v) is 3.89. The number of nitrogen functional groups attached to an aromatic ring is 1. The molecule has 2 rings (SSSR count). The lowest BCUT2D eigenvalue weighted by Crippen LogP contribution is -2.40. The first-order valence-electron chi connectivity index (χ1n) is 7.33. The molecule has 0 aromatic heterocycles. The van der Waals surface area contributed by atoms with Crippen LogP contribution in [0.1, 0.15) is 19.3 Å². The van der Waals surface area contributed by atoms with Gasteiger partial charge in [0.2, 0.25) is 0 Å². The molecule has 0 radical (unpaired) electrons. The van der Waals surface area contributed by atoms with Crippen molar-refractivity contribution in [3.8, 4) is 5.75 Å². The zero-order valence-corrected chi connectivity index (χ0v) is 12.7. The van der Waals surface area contributed by atoms with Gasteiger partial charge in [0, 0.05) is 25.7 Å². The summed E-state index contributed by atoms with van der Waals surface area (Å²) in [4.78, 5) is 13.5. The summed E-state index contributed by atoms with van der Waals surface area (Å²) in [6.07, 6.45) is 3.27. The van der Waals surface area contributed by atoms with Gasteiger partial charge in [0.15, 0.2) is 0 Å². The van der Waals surface area contributed by atoms with Crippen molar-refractivity contribution in [3.63, 3.8) is 0 Å². The maximum atomic E-state index is 11.2. The highest BCUT2D eigenvalue weighted by molar-refractivity contribution is 5.73. The topological polar surface area (TPSA) is 79.6 Å². The highest BCUT2D eigenvalue weighted by atomic mass is 16.5. The fourth-order valence-corrected chi connectivity index (χ4v) is 2.55. The highest BCUT2D eigenvalue weighted by Gasteiger charge is 2.18. The number of likely N-dealkylation sites (N-methyl/N-ethyl adjacent to an activating group) is 1. The van der Waals surface area contributed by atoms with E-state index in [9.17, 15) is 4.79 Å². The zero-order valence-electron chi connectivity index (χ0n) is 12.7. The van der Waals surface area contributed by atoms with Crippen molar-refractivity contribution >= 4 is 17.5 Å². The summed E-state index contributed by atoms with van der Waals surface area (Å²) in [5.41, 5.74) is 7.45. The monoisotopic (exact) mass is 292 g/mol. The minimum atomic E-state index is -0.501. The summed E-state index contributed by atoms with van der Waals surface area (Å²) in [5.74, 6) is 0.437. The highest BCUT2D eigenvalue weighted by Crippen LogP contribution is 2.25. The minimum Gasteiger partial charge on any atom is -0.410 e. The Balaban J connectivity index is 1.92. The number of nitrogens with one attached hydrogen (secondary N) is 2. The molecule has 1 aliphatic heterocycles. The van der Waals surface area contributed by atoms with E-state index in [0.717, 1.165) is 18.8 Å². The molecule has 0 saturated carbocycles. The van der Waals surface area contributed by atoms with Crippen LogP contribution in [0.15, 0.2) is 18.2 Å². The molecule has 6 heteroatoms. The van der Waals surface area contributed by atoms with Crippen LogP contribution in [0.3, 0.4) is 0 Å². The number of carbonyl (C=O) groups excluding carboxylic acids is 1. The zero-order chi connectivity index (χ0) is 15.2. The Labute approximate surface area is 125 Å². The molecule has 1 heterocycles. The van der Waals surface area contributed by atoms with Crippen LogP contribution in [0.5, 0.6) is 5.75 Å². The summed E-state index contributed by atoms with van der Waals surface area (Å²) in [6, 6.07) is 5.77. The Hall–Kier alpha value is -1.95. The summed E-state index contributed by atoms with van der Waals surface area (Å²) >= 11 is 0. The quantitative estimate of drug-likeness (QED) is 0.738. The average molecular weight is 292 g/mol. The molecule has 1 aliphatic rings. The van der Waals surface area contributed by atoms with Gasteiger partial charge in [0.1, 0.15) is 5.75 Å². The maximum absolute atomic E-state index is 11.2. The Kier molecular flexibility index (Phi) is 5.27. The standard InChI is InChI=1S/C15H24N4O2/c1-17-15(20)21-12-6-7-14(13(16)9-12)18-10-11-5-3-4-8-19(11)2/h6-7,9,11,18H,3-5,8,10,16H2,1-2H3,(H,17,20)/t11-/m1/s1. The summed E-state index contributed by atoms with van der Waals surface area (Å²) in [5, 5.41) is 5.78. The van der Waals surface area contributed by atoms with Crippen LogP contribution >= 0.6 is 0 Å². The third kappa shape index (κ3) is 4.26. The number of hydrogen-bond donors (Lipinski definition) is 3. The van der Waals surface area contributed by atoms with E-state index in [1.165, 1.54) is 26.3 Å². The molecule has 1 fully saturated rings. The summed E-state index contributed by atoms with van der Waals surface area (Å²) < 4.78 is 5.04. The predicted molar refractivity (Wildman–Crippen MR) is 84.7 cm³/mol. The molecule has 1 saturated heterocycles. The number of hydrogen-bond acceptors (Lipinski definition) is 5. The number of ether oxygens (including phenoxy) is 1. The lowest BCUT2D eigenvalue weighted by Gasteiger charge is -2.32. The van der Waals surface area contributed by atoms with E-state index < -0.39 is 6.09 Å². The minimum absolute atomic E-state index is 0.437. The number of anilines is 2. The smallest absolute Gasteiger partial charge is 0.410 e. The van der Waals surface area contributed by atoms with Gasteiger partial charge in [-0.1, -0.05) is 6.42 Å². The molecule has 0 spiro atoms. The van der Waals surface area contributed by atoms with Gasteiger partial charge < -0.3 is 26.0 Å². The molecule has 6 nitrogen and oxygen atoms in total. The second-order valence-electron chi connectivity index (χ2n) is 5.40. The van der Waals surface area contributed by atoms with Crippen LogP contribution in [0.2, 0.25) is 0 Å². The lowest BCUT2D eigenvalue weighted by atomic mass is 10.0. The Morgan fingerprint density at radius 3 is 2.95 bits per heavy atom. The van der Waals surface area contributed by atoms with E-state index in [2.05, 4.69) is 22.6 Å². The first-order chi connectivity index (χ1) is 10.1. The second-order valence-corrected chi connectivity index (χ2v) is 5.40. The van der Waals surface area contributed by atoms with Crippen LogP contribution < -0.4 is 21.1 Å². The largest absolute Gasteiger partial charge is 0.412 e. The van der Waals surface area contributed by atoms with Crippen LogP contribution in [0.4, 0.5) is 16.2 Å². The lowest BCUT2D eigenvalue weighted by molar-refractivity contribution is 0.194. The van der Waals surface area contributed by atoms with E-state index in [1.807, 2.05) is 6.07 Å². The van der Waals surface area contributed by atoms with Gasteiger partial charge in [0.25, 0.3) is 0 Å². The summed E-state index contributed by atoms with van der Waals surface area (Å²) in [7, 11) is 3.68. The Bertz CT molecular complexity index is 493. The van der Waals surface area contributed by atoms with E-state index in [1.54, 1.807) is 12.1 Å². The van der Waals surface area contributed by atoms with Gasteiger partial charge >= 0.3 is 6.09 Å². The number of nitrogens with two attached hydrogens (primary N) is 1. The molecule has 1 amide bonds. The van der Waals surface area contributed by atoms with Crippen LogP contribution in [-0.2, 0) is 0 Å². The first-order valence-corrected chi connectivity index (χ1v) is 7.33. The molecule has 4 N–H and O–H groups in total. The van der Waals surface area contributed by atoms with Crippen molar-refractivity contribution in [1.29, 1.82) is 0 Å². The van der Waals surface area contributed by atoms with Gasteiger partial charge in [-0.15, -0.1) is 0 Å². The number of amides is 1. The second kappa shape index (κ2) is 7.17. The van der Waals surface area contributed by atoms with Gasteiger partial charge in [-0.3, -0.25) is 0 Å². The van der Waals surface area contributed by atoms with Crippen molar-refractivity contribution in [2.45, 2.75) is 25.3 Å². The van der Waals surface area contributed by atoms with E-state index in [0.29, 0.717) is 17.5 Å². The van der Waals surface area contributed by atoms with Crippen LogP contribution in [0, 0.1) is 0 Å². The van der Waals surface area contributed by atoms with Crippen molar-refractivity contribution < 1.29 is 9.53 Å². The van der Waals surface area contributed by atoms with Crippen molar-refractivity contribution in [2.75, 3.05) is 38.2 Å². The number of benzene rings is 1. The maximum Gasteiger partial charge on any atom is 0.412 e. The molecular formula is C15H24N4O2. The molecule has 0 bridgehead atoms. The molecule has 0 unspecified atom stereocenters. The number of carbonyl (C=O) groups is 1. The summed E-state index contributed by atoms with van der Waals surface area (Å²) in [6.45, 7) is 2.02. The SMILES string of the molecule is CNC(=O)Oc1ccc(NC[C@H]2CCCCN2C)c(N)c1. The number of rotatable bonds is 4. The molecular weight excluding hydrogens is 268 g/mol. The fourth-order valence-electron chi connectivity index (χ4n) is 2.55. The number of piperidine rings is 1. The molecule has 1 aromatic carbocycles. The molecule has 21 heavy (non-hydrogen) atoms. The average Bonchev–Trinajstić information content (AvgIpc) is 2.48. The fraction of sp³-hybridized carbons (Fsp3) is 0.533. The molecule has 0 aliphatic carbocycles.